The van der Waals surface area contributed by atoms with E-state index in [4.69, 9.17) is 9.47 Å². The van der Waals surface area contributed by atoms with Gasteiger partial charge in [-0.05, 0) is 42.7 Å². The number of hydrogen-bond donors (Lipinski definition) is 2. The predicted molar refractivity (Wildman–Crippen MR) is 146 cm³/mol. The third-order valence-electron chi connectivity index (χ3n) is 6.76. The molecule has 1 aromatic heterocycles. The second kappa shape index (κ2) is 11.9. The summed E-state index contributed by atoms with van der Waals surface area (Å²) in [6.45, 7) is 2.85. The van der Waals surface area contributed by atoms with Crippen LogP contribution in [0.5, 0.6) is 11.5 Å². The summed E-state index contributed by atoms with van der Waals surface area (Å²) >= 11 is 1.66. The minimum atomic E-state index is -0.176. The first-order valence-corrected chi connectivity index (χ1v) is 13.9. The molecule has 38 heavy (non-hydrogen) atoms. The molecule has 1 saturated heterocycles. The largest absolute Gasteiger partial charge is 0.493 e. The highest BCUT2D eigenvalue weighted by molar-refractivity contribution is 7.97. The van der Waals surface area contributed by atoms with E-state index in [0.29, 0.717) is 48.4 Å². The molecule has 0 atom stereocenters. The van der Waals surface area contributed by atoms with Gasteiger partial charge in [-0.2, -0.15) is 5.10 Å². The quantitative estimate of drug-likeness (QED) is 0.405. The number of nitrogens with zero attached hydrogens (tertiary/aromatic N) is 3. The normalized spacial score (nSPS) is 15.6. The number of benzene rings is 2. The highest BCUT2D eigenvalue weighted by Gasteiger charge is 2.28. The smallest absolute Gasteiger partial charge is 0.269 e. The summed E-state index contributed by atoms with van der Waals surface area (Å²) in [5.41, 5.74) is 3.97. The van der Waals surface area contributed by atoms with Crippen molar-refractivity contribution in [3.8, 4) is 11.5 Å². The maximum absolute atomic E-state index is 12.8. The van der Waals surface area contributed by atoms with Crippen LogP contribution in [0.4, 0.5) is 0 Å². The Morgan fingerprint density at radius 2 is 1.97 bits per heavy atom. The van der Waals surface area contributed by atoms with Gasteiger partial charge in [0.1, 0.15) is 12.3 Å². The monoisotopic (exact) mass is 535 g/mol. The number of ether oxygens (including phenoxy) is 2. The minimum absolute atomic E-state index is 0.0491. The minimum Gasteiger partial charge on any atom is -0.493 e. The first-order chi connectivity index (χ1) is 18.5. The van der Waals surface area contributed by atoms with Crippen LogP contribution in [0, 0.1) is 0 Å². The van der Waals surface area contributed by atoms with Crippen LogP contribution in [0.15, 0.2) is 48.5 Å². The van der Waals surface area contributed by atoms with Crippen molar-refractivity contribution in [2.75, 3.05) is 32.5 Å². The summed E-state index contributed by atoms with van der Waals surface area (Å²) in [7, 11) is 3.39. The molecule has 2 aromatic carbocycles. The maximum Gasteiger partial charge on any atom is 0.269 e. The van der Waals surface area contributed by atoms with Crippen molar-refractivity contribution in [1.29, 1.82) is 0 Å². The number of aromatic nitrogens is 2. The van der Waals surface area contributed by atoms with Gasteiger partial charge in [0.25, 0.3) is 11.8 Å². The highest BCUT2D eigenvalue weighted by Crippen LogP contribution is 2.39. The summed E-state index contributed by atoms with van der Waals surface area (Å²) in [4.78, 5) is 27.5. The average Bonchev–Trinajstić information content (AvgIpc) is 3.76. The van der Waals surface area contributed by atoms with Gasteiger partial charge in [-0.1, -0.05) is 36.2 Å². The number of carbonyl (C=O) groups is 2. The number of amides is 2. The summed E-state index contributed by atoms with van der Waals surface area (Å²) < 4.78 is 16.6. The fourth-order valence-electron chi connectivity index (χ4n) is 4.48. The van der Waals surface area contributed by atoms with Crippen molar-refractivity contribution >= 4 is 23.8 Å². The van der Waals surface area contributed by atoms with E-state index in [1.54, 1.807) is 30.8 Å². The van der Waals surface area contributed by atoms with E-state index in [0.717, 1.165) is 48.5 Å². The van der Waals surface area contributed by atoms with Gasteiger partial charge >= 0.3 is 0 Å². The standard InChI is InChI=1S/C28H33N5O4S/c1-32-24(16-23(31-32)20-10-11-20)27(34)29-17-22-4-3-5-25(26(22)36-2)37-18-19-6-8-21(9-7-19)28(35)33-13-12-30-38-15-14-33/h3-9,16,20,30H,10-15,17-18H2,1-2H3,(H,29,34). The van der Waals surface area contributed by atoms with E-state index < -0.39 is 0 Å². The van der Waals surface area contributed by atoms with E-state index in [1.807, 2.05) is 53.4 Å². The van der Waals surface area contributed by atoms with Crippen molar-refractivity contribution in [2.24, 2.45) is 7.05 Å². The number of aryl methyl sites for hydroxylation is 1. The van der Waals surface area contributed by atoms with E-state index in [1.165, 1.54) is 0 Å². The van der Waals surface area contributed by atoms with Gasteiger partial charge in [-0.25, -0.2) is 0 Å². The molecule has 0 spiro atoms. The zero-order valence-electron chi connectivity index (χ0n) is 21.7. The maximum atomic E-state index is 12.8. The molecule has 2 aliphatic rings. The molecule has 200 valence electrons. The van der Waals surface area contributed by atoms with Crippen LogP contribution in [0.1, 0.15) is 56.4 Å². The third-order valence-corrected chi connectivity index (χ3v) is 7.56. The van der Waals surface area contributed by atoms with E-state index in [9.17, 15) is 9.59 Å². The van der Waals surface area contributed by atoms with Crippen LogP contribution in [0.25, 0.3) is 0 Å². The molecule has 0 radical (unpaired) electrons. The second-order valence-electron chi connectivity index (χ2n) is 9.50. The number of hydrogen-bond acceptors (Lipinski definition) is 7. The van der Waals surface area contributed by atoms with E-state index in [2.05, 4.69) is 15.1 Å². The van der Waals surface area contributed by atoms with Crippen LogP contribution >= 0.6 is 11.9 Å². The van der Waals surface area contributed by atoms with Crippen LogP contribution in [-0.2, 0) is 20.2 Å². The highest BCUT2D eigenvalue weighted by atomic mass is 32.2. The van der Waals surface area contributed by atoms with E-state index >= 15 is 0 Å². The Hall–Kier alpha value is -3.50. The fourth-order valence-corrected chi connectivity index (χ4v) is 5.17. The first-order valence-electron chi connectivity index (χ1n) is 12.9. The topological polar surface area (TPSA) is 97.7 Å². The molecule has 5 rings (SSSR count). The molecule has 9 nitrogen and oxygen atoms in total. The number of methoxy groups -OCH3 is 1. The Labute approximate surface area is 227 Å². The Morgan fingerprint density at radius 1 is 1.16 bits per heavy atom. The van der Waals surface area contributed by atoms with Gasteiger partial charge in [0, 0.05) is 56.0 Å². The number of rotatable bonds is 9. The molecule has 0 bridgehead atoms. The molecular formula is C28H33N5O4S. The summed E-state index contributed by atoms with van der Waals surface area (Å²) in [6.07, 6.45) is 2.28. The van der Waals surface area contributed by atoms with Crippen molar-refractivity contribution in [3.05, 3.63) is 76.6 Å². The lowest BCUT2D eigenvalue weighted by atomic mass is 10.1. The van der Waals surface area contributed by atoms with Crippen molar-refractivity contribution < 1.29 is 19.1 Å². The van der Waals surface area contributed by atoms with Crippen LogP contribution in [0.2, 0.25) is 0 Å². The zero-order chi connectivity index (χ0) is 26.5. The SMILES string of the molecule is COc1c(CNC(=O)c2cc(C3CC3)nn2C)cccc1OCc1ccc(C(=O)N2CCNSCC2)cc1. The molecular weight excluding hydrogens is 502 g/mol. The van der Waals surface area contributed by atoms with Gasteiger partial charge < -0.3 is 19.7 Å². The molecule has 1 saturated carbocycles. The van der Waals surface area contributed by atoms with Gasteiger partial charge in [-0.3, -0.25) is 19.0 Å². The van der Waals surface area contributed by atoms with E-state index in [-0.39, 0.29) is 11.8 Å². The van der Waals surface area contributed by atoms with Crippen molar-refractivity contribution in [2.45, 2.75) is 31.9 Å². The third kappa shape index (κ3) is 6.14. The Morgan fingerprint density at radius 3 is 2.74 bits per heavy atom. The molecule has 0 unspecified atom stereocenters. The summed E-state index contributed by atoms with van der Waals surface area (Å²) in [5, 5.41) is 7.45. The Bertz CT molecular complexity index is 1280. The molecule has 2 heterocycles. The lowest BCUT2D eigenvalue weighted by molar-refractivity contribution is 0.0771. The number of nitrogens with one attached hydrogen (secondary N) is 2. The predicted octanol–water partition coefficient (Wildman–Crippen LogP) is 3.51. The van der Waals surface area contributed by atoms with Gasteiger partial charge in [0.15, 0.2) is 11.5 Å². The fraction of sp³-hybridized carbons (Fsp3) is 0.393. The summed E-state index contributed by atoms with van der Waals surface area (Å²) in [6, 6.07) is 15.0. The van der Waals surface area contributed by atoms with Crippen molar-refractivity contribution in [3.63, 3.8) is 0 Å². The number of para-hydroxylation sites is 1. The molecule has 1 aliphatic heterocycles. The second-order valence-corrected chi connectivity index (χ2v) is 10.5. The molecule has 10 heteroatoms. The summed E-state index contributed by atoms with van der Waals surface area (Å²) in [5.74, 6) is 2.41. The van der Waals surface area contributed by atoms with Crippen LogP contribution < -0.4 is 19.5 Å². The zero-order valence-corrected chi connectivity index (χ0v) is 22.6. The molecule has 2 fully saturated rings. The number of carbonyl (C=O) groups excluding carboxylic acids is 2. The first kappa shape index (κ1) is 26.1. The molecule has 3 aromatic rings. The average molecular weight is 536 g/mol. The molecule has 1 aliphatic carbocycles. The Kier molecular flexibility index (Phi) is 8.19. The molecule has 2 N–H and O–H groups in total. The lowest BCUT2D eigenvalue weighted by Crippen LogP contribution is -2.34. The van der Waals surface area contributed by atoms with Crippen molar-refractivity contribution in [1.82, 2.24) is 24.7 Å². The lowest BCUT2D eigenvalue weighted by Gasteiger charge is -2.19. The van der Waals surface area contributed by atoms with Gasteiger partial charge in [0.05, 0.1) is 12.8 Å². The Balaban J connectivity index is 1.19. The van der Waals surface area contributed by atoms with Gasteiger partial charge in [0.2, 0.25) is 0 Å². The van der Waals surface area contributed by atoms with Crippen LogP contribution in [-0.4, -0.2) is 59.0 Å². The molecule has 2 amide bonds. The van der Waals surface area contributed by atoms with Crippen LogP contribution in [0.3, 0.4) is 0 Å². The van der Waals surface area contributed by atoms with Gasteiger partial charge in [-0.15, -0.1) is 0 Å².